The van der Waals surface area contributed by atoms with Crippen LogP contribution in [-0.4, -0.2) is 12.6 Å². The zero-order valence-electron chi connectivity index (χ0n) is 19.0. The predicted molar refractivity (Wildman–Crippen MR) is 115 cm³/mol. The van der Waals surface area contributed by atoms with Crippen LogP contribution in [0.3, 0.4) is 0 Å². The maximum Gasteiger partial charge on any atom is 0.305 e. The molecule has 0 aromatic carbocycles. The lowest BCUT2D eigenvalue weighted by molar-refractivity contribution is -0.143. The fraction of sp³-hybridized carbons (Fsp3) is 0.962. The van der Waals surface area contributed by atoms with Crippen molar-refractivity contribution in [2.75, 3.05) is 6.61 Å². The summed E-state index contributed by atoms with van der Waals surface area (Å²) < 4.78 is 5.18. The first-order valence-electron chi connectivity index (χ1n) is 12.6. The Morgan fingerprint density at radius 2 is 1.75 bits per heavy atom. The van der Waals surface area contributed by atoms with Gasteiger partial charge >= 0.3 is 5.97 Å². The van der Waals surface area contributed by atoms with Crippen LogP contribution in [0.1, 0.15) is 105 Å². The molecule has 4 aliphatic rings. The average molecular weight is 389 g/mol. The van der Waals surface area contributed by atoms with Crippen LogP contribution in [0.25, 0.3) is 0 Å². The van der Waals surface area contributed by atoms with Crippen LogP contribution in [0.5, 0.6) is 0 Å². The highest BCUT2D eigenvalue weighted by Gasteiger charge is 2.60. The Balaban J connectivity index is 1.45. The number of ether oxygens (including phenoxy) is 1. The van der Waals surface area contributed by atoms with Crippen LogP contribution < -0.4 is 0 Å². The zero-order chi connectivity index (χ0) is 19.9. The molecule has 4 saturated carbocycles. The number of esters is 1. The van der Waals surface area contributed by atoms with Crippen LogP contribution in [0.4, 0.5) is 0 Å². The lowest BCUT2D eigenvalue weighted by Crippen LogP contribution is -2.53. The third kappa shape index (κ3) is 3.35. The summed E-state index contributed by atoms with van der Waals surface area (Å²) in [5, 5.41) is 0. The van der Waals surface area contributed by atoms with Gasteiger partial charge in [-0.05, 0) is 111 Å². The van der Waals surface area contributed by atoms with Crippen LogP contribution in [0.15, 0.2) is 0 Å². The molecule has 4 aliphatic carbocycles. The highest BCUT2D eigenvalue weighted by molar-refractivity contribution is 5.69. The maximum atomic E-state index is 11.9. The van der Waals surface area contributed by atoms with E-state index in [1.165, 1.54) is 64.2 Å². The first-order valence-corrected chi connectivity index (χ1v) is 12.6. The Labute approximate surface area is 173 Å². The summed E-state index contributed by atoms with van der Waals surface area (Å²) in [6.45, 7) is 10.2. The van der Waals surface area contributed by atoms with Gasteiger partial charge in [-0.3, -0.25) is 4.79 Å². The van der Waals surface area contributed by atoms with Gasteiger partial charge in [0, 0.05) is 6.42 Å². The molecule has 0 amide bonds. The molecule has 0 unspecified atom stereocenters. The second kappa shape index (κ2) is 7.95. The Kier molecular flexibility index (Phi) is 5.89. The van der Waals surface area contributed by atoms with Gasteiger partial charge in [0.15, 0.2) is 0 Å². The van der Waals surface area contributed by atoms with Crippen molar-refractivity contribution in [3.8, 4) is 0 Å². The summed E-state index contributed by atoms with van der Waals surface area (Å²) >= 11 is 0. The van der Waals surface area contributed by atoms with E-state index in [4.69, 9.17) is 4.74 Å². The van der Waals surface area contributed by atoms with Gasteiger partial charge in [-0.2, -0.15) is 0 Å². The number of hydrogen-bond acceptors (Lipinski definition) is 2. The first-order chi connectivity index (χ1) is 13.4. The maximum absolute atomic E-state index is 11.9. The zero-order valence-corrected chi connectivity index (χ0v) is 19.0. The molecule has 0 heterocycles. The third-order valence-electron chi connectivity index (χ3n) is 10.5. The molecule has 2 nitrogen and oxygen atoms in total. The lowest BCUT2D eigenvalue weighted by atomic mass is 9.44. The summed E-state index contributed by atoms with van der Waals surface area (Å²) in [5.74, 6) is 5.41. The van der Waals surface area contributed by atoms with Crippen molar-refractivity contribution in [3.63, 3.8) is 0 Å². The van der Waals surface area contributed by atoms with Crippen LogP contribution in [0, 0.1) is 46.3 Å². The van der Waals surface area contributed by atoms with Crippen molar-refractivity contribution in [1.29, 1.82) is 0 Å². The van der Waals surface area contributed by atoms with Gasteiger partial charge in [0.25, 0.3) is 0 Å². The molecule has 0 aliphatic heterocycles. The minimum atomic E-state index is 0.00121. The third-order valence-corrected chi connectivity index (χ3v) is 10.5. The van der Waals surface area contributed by atoms with E-state index in [0.717, 1.165) is 36.0 Å². The lowest BCUT2D eigenvalue weighted by Gasteiger charge is -2.61. The van der Waals surface area contributed by atoms with E-state index in [1.807, 2.05) is 6.92 Å². The fourth-order valence-electron chi connectivity index (χ4n) is 9.05. The van der Waals surface area contributed by atoms with Gasteiger partial charge in [-0.1, -0.05) is 33.6 Å². The molecule has 0 saturated heterocycles. The second-order valence-electron chi connectivity index (χ2n) is 11.5. The molecule has 0 radical (unpaired) electrons. The Bertz CT molecular complexity index is 571. The summed E-state index contributed by atoms with van der Waals surface area (Å²) in [6, 6.07) is 0. The summed E-state index contributed by atoms with van der Waals surface area (Å²) in [7, 11) is 0. The Morgan fingerprint density at radius 1 is 0.964 bits per heavy atom. The van der Waals surface area contributed by atoms with Crippen LogP contribution in [-0.2, 0) is 9.53 Å². The predicted octanol–water partition coefficient (Wildman–Crippen LogP) is 7.01. The summed E-state index contributed by atoms with van der Waals surface area (Å²) in [5.41, 5.74) is 1.17. The van der Waals surface area contributed by atoms with Gasteiger partial charge in [-0.15, -0.1) is 0 Å². The largest absolute Gasteiger partial charge is 0.466 e. The molecule has 4 fully saturated rings. The molecule has 2 heteroatoms. The quantitative estimate of drug-likeness (QED) is 0.473. The molecule has 160 valence electrons. The normalized spacial score (nSPS) is 46.2. The molecule has 0 aromatic rings. The number of hydrogen-bond donors (Lipinski definition) is 0. The molecule has 0 aromatic heterocycles. The van der Waals surface area contributed by atoms with Crippen molar-refractivity contribution in [2.24, 2.45) is 46.3 Å². The molecule has 0 N–H and O–H groups in total. The van der Waals surface area contributed by atoms with Gasteiger partial charge in [0.2, 0.25) is 0 Å². The van der Waals surface area contributed by atoms with Gasteiger partial charge in [0.1, 0.15) is 0 Å². The highest BCUT2D eigenvalue weighted by atomic mass is 16.5. The van der Waals surface area contributed by atoms with Gasteiger partial charge in [-0.25, -0.2) is 0 Å². The number of carbonyl (C=O) groups is 1. The van der Waals surface area contributed by atoms with E-state index >= 15 is 0 Å². The Hall–Kier alpha value is -0.530. The van der Waals surface area contributed by atoms with Crippen LogP contribution in [0.2, 0.25) is 0 Å². The van der Waals surface area contributed by atoms with Crippen LogP contribution >= 0.6 is 0 Å². The topological polar surface area (TPSA) is 26.3 Å². The van der Waals surface area contributed by atoms with Crippen molar-refractivity contribution in [1.82, 2.24) is 0 Å². The van der Waals surface area contributed by atoms with E-state index in [1.54, 1.807) is 0 Å². The monoisotopic (exact) mass is 388 g/mol. The number of carbonyl (C=O) groups excluding carboxylic acids is 1. The molecule has 28 heavy (non-hydrogen) atoms. The molecule has 0 spiro atoms. The smallest absolute Gasteiger partial charge is 0.305 e. The van der Waals surface area contributed by atoms with Crippen molar-refractivity contribution < 1.29 is 9.53 Å². The second-order valence-corrected chi connectivity index (χ2v) is 11.5. The average Bonchev–Trinajstić information content (AvgIpc) is 3.03. The Morgan fingerprint density at radius 3 is 2.54 bits per heavy atom. The van der Waals surface area contributed by atoms with Crippen molar-refractivity contribution in [2.45, 2.75) is 105 Å². The van der Waals surface area contributed by atoms with E-state index < -0.39 is 0 Å². The highest BCUT2D eigenvalue weighted by Crippen LogP contribution is 2.68. The number of fused-ring (bicyclic) bond motifs is 5. The van der Waals surface area contributed by atoms with Gasteiger partial charge in [0.05, 0.1) is 6.61 Å². The van der Waals surface area contributed by atoms with Crippen molar-refractivity contribution in [3.05, 3.63) is 0 Å². The molecule has 0 bridgehead atoms. The van der Waals surface area contributed by atoms with E-state index in [0.29, 0.717) is 29.8 Å². The van der Waals surface area contributed by atoms with E-state index in [9.17, 15) is 4.79 Å². The first kappa shape index (κ1) is 20.7. The molecular weight excluding hydrogens is 344 g/mol. The van der Waals surface area contributed by atoms with E-state index in [2.05, 4.69) is 20.8 Å². The minimum absolute atomic E-state index is 0.00121. The molecule has 8 atom stereocenters. The molecule has 4 rings (SSSR count). The van der Waals surface area contributed by atoms with E-state index in [-0.39, 0.29) is 5.97 Å². The summed E-state index contributed by atoms with van der Waals surface area (Å²) in [6.07, 6.45) is 16.4. The fourth-order valence-corrected chi connectivity index (χ4v) is 9.05. The number of rotatable bonds is 5. The molecular formula is C26H44O2. The summed E-state index contributed by atoms with van der Waals surface area (Å²) in [4.78, 5) is 11.9. The van der Waals surface area contributed by atoms with Gasteiger partial charge < -0.3 is 4.74 Å². The standard InChI is InChI=1S/C26H44O2/c1-5-28-24(27)14-9-18(2)21-12-13-22-20-11-10-19-8-6-7-16-25(19,3)23(20)15-17-26(21,22)4/h18-23H,5-17H2,1-4H3/t18-,19-,20-,21+,22-,23-,25+,26-/m1/s1. The van der Waals surface area contributed by atoms with Crippen molar-refractivity contribution >= 4 is 5.97 Å². The SMILES string of the molecule is CCOC(=O)CC[C@@H](C)[C@@H]1CC[C@@H]2[C@H]3CC[C@H]4CCCC[C@]4(C)[C@@H]3CC[C@@]21C. The minimum Gasteiger partial charge on any atom is -0.466 e.